The van der Waals surface area contributed by atoms with Crippen molar-refractivity contribution in [1.29, 1.82) is 0 Å². The molecule has 0 radical (unpaired) electrons. The van der Waals surface area contributed by atoms with Gasteiger partial charge in [0.2, 0.25) is 5.91 Å². The summed E-state index contributed by atoms with van der Waals surface area (Å²) in [7, 11) is -3.06. The number of rotatable bonds is 7. The third-order valence-electron chi connectivity index (χ3n) is 5.38. The first-order chi connectivity index (χ1) is 14.9. The van der Waals surface area contributed by atoms with Crippen molar-refractivity contribution in [3.8, 4) is 17.1 Å². The highest BCUT2D eigenvalue weighted by atomic mass is 32.2. The highest BCUT2D eigenvalue weighted by Crippen LogP contribution is 2.30. The number of para-hydroxylation sites is 1. The molecule has 1 saturated heterocycles. The number of carbonyl (C=O) groups is 1. The van der Waals surface area contributed by atoms with Gasteiger partial charge in [0.25, 0.3) is 0 Å². The van der Waals surface area contributed by atoms with Crippen LogP contribution in [0.1, 0.15) is 19.1 Å². The van der Waals surface area contributed by atoms with E-state index < -0.39 is 9.84 Å². The zero-order valence-electron chi connectivity index (χ0n) is 17.4. The second kappa shape index (κ2) is 8.88. The van der Waals surface area contributed by atoms with Crippen molar-refractivity contribution >= 4 is 27.5 Å². The van der Waals surface area contributed by atoms with Crippen molar-refractivity contribution in [2.75, 3.05) is 23.8 Å². The monoisotopic (exact) mass is 460 g/mol. The standard InChI is InChI=1S/C21H24N4O4S2/c1-3-24(17-10-12-31(27,28)14-17)19(26)13-30-21-23-22-20(18-9-11-29-15(18)2)25(21)16-7-5-4-6-8-16/h4-9,11,17H,3,10,12-14H2,1-2H3. The average Bonchev–Trinajstić information content (AvgIpc) is 3.45. The van der Waals surface area contributed by atoms with Crippen LogP contribution in [0.2, 0.25) is 0 Å². The summed E-state index contributed by atoms with van der Waals surface area (Å²) in [6, 6.07) is 11.3. The molecule has 1 fully saturated rings. The van der Waals surface area contributed by atoms with Gasteiger partial charge in [0.15, 0.2) is 20.8 Å². The van der Waals surface area contributed by atoms with Crippen LogP contribution in [0.3, 0.4) is 0 Å². The summed E-state index contributed by atoms with van der Waals surface area (Å²) in [5.74, 6) is 1.61. The van der Waals surface area contributed by atoms with E-state index in [1.54, 1.807) is 11.2 Å². The fraction of sp³-hybridized carbons (Fsp3) is 0.381. The summed E-state index contributed by atoms with van der Waals surface area (Å²) < 4.78 is 31.0. The van der Waals surface area contributed by atoms with Crippen molar-refractivity contribution in [3.05, 3.63) is 48.4 Å². The van der Waals surface area contributed by atoms with Crippen LogP contribution >= 0.6 is 11.8 Å². The van der Waals surface area contributed by atoms with Crippen LogP contribution in [0.4, 0.5) is 0 Å². The topological polar surface area (TPSA) is 98.3 Å². The maximum Gasteiger partial charge on any atom is 0.233 e. The summed E-state index contributed by atoms with van der Waals surface area (Å²) >= 11 is 1.29. The minimum Gasteiger partial charge on any atom is -0.469 e. The van der Waals surface area contributed by atoms with Crippen molar-refractivity contribution in [1.82, 2.24) is 19.7 Å². The molecule has 1 amide bonds. The quantitative estimate of drug-likeness (QED) is 0.500. The van der Waals surface area contributed by atoms with E-state index in [0.29, 0.717) is 23.9 Å². The van der Waals surface area contributed by atoms with Gasteiger partial charge in [0.1, 0.15) is 5.76 Å². The van der Waals surface area contributed by atoms with E-state index in [2.05, 4.69) is 10.2 Å². The van der Waals surface area contributed by atoms with Gasteiger partial charge in [-0.25, -0.2) is 8.42 Å². The van der Waals surface area contributed by atoms with Crippen LogP contribution in [0.15, 0.2) is 52.2 Å². The molecule has 0 saturated carbocycles. The van der Waals surface area contributed by atoms with E-state index in [1.165, 1.54) is 11.8 Å². The van der Waals surface area contributed by atoms with Gasteiger partial charge >= 0.3 is 0 Å². The summed E-state index contributed by atoms with van der Waals surface area (Å²) in [5, 5.41) is 9.29. The first kappa shape index (κ1) is 21.6. The molecule has 0 spiro atoms. The highest BCUT2D eigenvalue weighted by molar-refractivity contribution is 7.99. The van der Waals surface area contributed by atoms with Crippen molar-refractivity contribution in [2.45, 2.75) is 31.5 Å². The molecule has 1 aromatic carbocycles. The van der Waals surface area contributed by atoms with Crippen molar-refractivity contribution in [3.63, 3.8) is 0 Å². The van der Waals surface area contributed by atoms with E-state index in [1.807, 2.05) is 54.8 Å². The van der Waals surface area contributed by atoms with E-state index in [0.717, 1.165) is 17.0 Å². The Hall–Kier alpha value is -2.59. The minimum atomic E-state index is -3.06. The lowest BCUT2D eigenvalue weighted by atomic mass is 10.2. The number of amides is 1. The van der Waals surface area contributed by atoms with Gasteiger partial charge in [0, 0.05) is 18.3 Å². The molecule has 8 nitrogen and oxygen atoms in total. The van der Waals surface area contributed by atoms with Crippen LogP contribution in [-0.2, 0) is 14.6 Å². The Morgan fingerprint density at radius 1 is 1.26 bits per heavy atom. The van der Waals surface area contributed by atoms with E-state index in [4.69, 9.17) is 4.42 Å². The van der Waals surface area contributed by atoms with Crippen LogP contribution in [0.5, 0.6) is 0 Å². The molecule has 164 valence electrons. The number of thioether (sulfide) groups is 1. The Morgan fingerprint density at radius 3 is 2.65 bits per heavy atom. The first-order valence-electron chi connectivity index (χ1n) is 10.1. The predicted octanol–water partition coefficient (Wildman–Crippen LogP) is 2.96. The van der Waals surface area contributed by atoms with E-state index in [-0.39, 0.29) is 29.2 Å². The molecular formula is C21H24N4O4S2. The van der Waals surface area contributed by atoms with E-state index in [9.17, 15) is 13.2 Å². The predicted molar refractivity (Wildman–Crippen MR) is 119 cm³/mol. The Bertz CT molecular complexity index is 1170. The normalized spacial score (nSPS) is 17.7. The van der Waals surface area contributed by atoms with E-state index >= 15 is 0 Å². The lowest BCUT2D eigenvalue weighted by molar-refractivity contribution is -0.129. The zero-order valence-corrected chi connectivity index (χ0v) is 19.0. The molecule has 0 N–H and O–H groups in total. The second-order valence-corrected chi connectivity index (χ2v) is 10.6. The molecule has 1 aliphatic heterocycles. The van der Waals surface area contributed by atoms with Gasteiger partial charge in [-0.1, -0.05) is 30.0 Å². The number of hydrogen-bond donors (Lipinski definition) is 0. The maximum atomic E-state index is 12.9. The molecule has 1 unspecified atom stereocenters. The molecule has 1 aliphatic rings. The number of nitrogens with zero attached hydrogens (tertiary/aromatic N) is 4. The summed E-state index contributed by atoms with van der Waals surface area (Å²) in [4.78, 5) is 14.6. The molecule has 2 aromatic heterocycles. The maximum absolute atomic E-state index is 12.9. The zero-order chi connectivity index (χ0) is 22.0. The Kier molecular flexibility index (Phi) is 6.19. The number of sulfone groups is 1. The van der Waals surface area contributed by atoms with Crippen molar-refractivity contribution in [2.24, 2.45) is 0 Å². The molecule has 0 aliphatic carbocycles. The fourth-order valence-electron chi connectivity index (χ4n) is 3.83. The van der Waals surface area contributed by atoms with Crippen LogP contribution in [0.25, 0.3) is 17.1 Å². The fourth-order valence-corrected chi connectivity index (χ4v) is 6.40. The van der Waals surface area contributed by atoms with Crippen LogP contribution in [0, 0.1) is 6.92 Å². The average molecular weight is 461 g/mol. The smallest absolute Gasteiger partial charge is 0.233 e. The Morgan fingerprint density at radius 2 is 2.03 bits per heavy atom. The third-order valence-corrected chi connectivity index (χ3v) is 8.05. The van der Waals surface area contributed by atoms with Gasteiger partial charge in [-0.15, -0.1) is 10.2 Å². The SMILES string of the molecule is CCN(C(=O)CSc1nnc(-c2ccoc2C)n1-c1ccccc1)C1CCS(=O)(=O)C1. The van der Waals surface area contributed by atoms with Gasteiger partial charge in [0.05, 0.1) is 29.1 Å². The number of furan rings is 1. The number of aromatic nitrogens is 3. The first-order valence-corrected chi connectivity index (χ1v) is 12.9. The lowest BCUT2D eigenvalue weighted by Gasteiger charge is -2.26. The van der Waals surface area contributed by atoms with Crippen LogP contribution in [-0.4, -0.2) is 63.8 Å². The Labute approximate surface area is 185 Å². The molecule has 0 bridgehead atoms. The Balaban J connectivity index is 1.58. The minimum absolute atomic E-state index is 0.0430. The van der Waals surface area contributed by atoms with Crippen LogP contribution < -0.4 is 0 Å². The van der Waals surface area contributed by atoms with Crippen molar-refractivity contribution < 1.29 is 17.6 Å². The molecule has 10 heteroatoms. The largest absolute Gasteiger partial charge is 0.469 e. The molecule has 1 atom stereocenters. The number of hydrogen-bond acceptors (Lipinski definition) is 7. The summed E-state index contributed by atoms with van der Waals surface area (Å²) in [6.07, 6.45) is 2.11. The number of benzene rings is 1. The molecular weight excluding hydrogens is 436 g/mol. The molecule has 3 heterocycles. The van der Waals surface area contributed by atoms with Gasteiger partial charge in [-0.3, -0.25) is 9.36 Å². The number of aryl methyl sites for hydroxylation is 1. The second-order valence-electron chi connectivity index (χ2n) is 7.39. The van der Waals surface area contributed by atoms with Gasteiger partial charge in [-0.05, 0) is 38.5 Å². The number of carbonyl (C=O) groups excluding carboxylic acids is 1. The van der Waals surface area contributed by atoms with Gasteiger partial charge < -0.3 is 9.32 Å². The summed E-state index contributed by atoms with van der Waals surface area (Å²) in [5.41, 5.74) is 1.72. The molecule has 3 aromatic rings. The lowest BCUT2D eigenvalue weighted by Crippen LogP contribution is -2.42. The van der Waals surface area contributed by atoms with Gasteiger partial charge in [-0.2, -0.15) is 0 Å². The summed E-state index contributed by atoms with van der Waals surface area (Å²) in [6.45, 7) is 4.22. The molecule has 4 rings (SSSR count). The third kappa shape index (κ3) is 4.54. The highest BCUT2D eigenvalue weighted by Gasteiger charge is 2.34. The molecule has 31 heavy (non-hydrogen) atoms.